The standard InChI is InChI=1S/C18H16N8O4/c1-10-6-7-13(29-10)9-20-22-18(27)14-15(11-4-3-5-12(8-11)28-2)26(25-21-14)17-16(19)23-30-24-17/h3-9H,1-2H3,(H2,19,23)(H,22,27). The number of amides is 1. The highest BCUT2D eigenvalue weighted by Crippen LogP contribution is 2.28. The average molecular weight is 408 g/mol. The number of aromatic nitrogens is 5. The summed E-state index contributed by atoms with van der Waals surface area (Å²) in [5.74, 6) is 1.27. The van der Waals surface area contributed by atoms with Gasteiger partial charge in [0.1, 0.15) is 23.0 Å². The number of carbonyl (C=O) groups is 1. The first-order valence-electron chi connectivity index (χ1n) is 8.65. The lowest BCUT2D eigenvalue weighted by molar-refractivity contribution is 0.0950. The van der Waals surface area contributed by atoms with E-state index in [-0.39, 0.29) is 17.3 Å². The zero-order valence-corrected chi connectivity index (χ0v) is 15.9. The Hall–Kier alpha value is -4.48. The molecule has 0 aliphatic heterocycles. The minimum atomic E-state index is -0.603. The van der Waals surface area contributed by atoms with Gasteiger partial charge in [0.2, 0.25) is 11.6 Å². The number of benzene rings is 1. The van der Waals surface area contributed by atoms with Crippen LogP contribution in [0.1, 0.15) is 22.0 Å². The van der Waals surface area contributed by atoms with Gasteiger partial charge in [0.15, 0.2) is 5.69 Å². The molecule has 3 N–H and O–H groups in total. The molecule has 1 amide bonds. The fourth-order valence-corrected chi connectivity index (χ4v) is 2.68. The Labute approximate surface area is 169 Å². The lowest BCUT2D eigenvalue weighted by Crippen LogP contribution is -2.19. The number of ether oxygens (including phenoxy) is 1. The number of rotatable bonds is 6. The van der Waals surface area contributed by atoms with Crippen LogP contribution >= 0.6 is 0 Å². The second-order valence-electron chi connectivity index (χ2n) is 6.05. The van der Waals surface area contributed by atoms with Crippen molar-refractivity contribution in [3.8, 4) is 22.8 Å². The van der Waals surface area contributed by atoms with Crippen LogP contribution in [-0.2, 0) is 0 Å². The fraction of sp³-hybridized carbons (Fsp3) is 0.111. The van der Waals surface area contributed by atoms with E-state index in [9.17, 15) is 4.79 Å². The van der Waals surface area contributed by atoms with E-state index in [1.54, 1.807) is 43.3 Å². The van der Waals surface area contributed by atoms with Gasteiger partial charge in [-0.1, -0.05) is 17.3 Å². The minimum absolute atomic E-state index is 0.0118. The van der Waals surface area contributed by atoms with E-state index in [2.05, 4.69) is 35.8 Å². The number of nitrogens with two attached hydrogens (primary N) is 1. The maximum absolute atomic E-state index is 12.8. The molecule has 0 bridgehead atoms. The highest BCUT2D eigenvalue weighted by atomic mass is 16.6. The quantitative estimate of drug-likeness (QED) is 0.356. The summed E-state index contributed by atoms with van der Waals surface area (Å²) in [6.07, 6.45) is 1.38. The van der Waals surface area contributed by atoms with Crippen molar-refractivity contribution in [1.29, 1.82) is 0 Å². The Morgan fingerprint density at radius 3 is 2.87 bits per heavy atom. The van der Waals surface area contributed by atoms with Crippen LogP contribution in [0.4, 0.5) is 5.82 Å². The van der Waals surface area contributed by atoms with Crippen LogP contribution in [-0.4, -0.2) is 44.5 Å². The first kappa shape index (κ1) is 18.9. The third-order valence-corrected chi connectivity index (χ3v) is 4.04. The number of nitrogens with zero attached hydrogens (tertiary/aromatic N) is 6. The molecule has 1 aromatic carbocycles. The van der Waals surface area contributed by atoms with Crippen molar-refractivity contribution in [1.82, 2.24) is 30.7 Å². The van der Waals surface area contributed by atoms with Crippen LogP contribution < -0.4 is 15.9 Å². The van der Waals surface area contributed by atoms with Crippen LogP contribution in [0, 0.1) is 6.92 Å². The molecule has 12 heteroatoms. The Morgan fingerprint density at radius 2 is 2.17 bits per heavy atom. The molecule has 30 heavy (non-hydrogen) atoms. The molecule has 3 heterocycles. The van der Waals surface area contributed by atoms with E-state index in [1.807, 2.05) is 0 Å². The molecule has 0 fully saturated rings. The highest BCUT2D eigenvalue weighted by Gasteiger charge is 2.25. The molecule has 152 valence electrons. The molecule has 0 atom stereocenters. The van der Waals surface area contributed by atoms with Gasteiger partial charge in [-0.25, -0.2) is 10.1 Å². The van der Waals surface area contributed by atoms with E-state index >= 15 is 0 Å². The molecule has 0 aliphatic rings. The Morgan fingerprint density at radius 1 is 1.30 bits per heavy atom. The number of anilines is 1. The summed E-state index contributed by atoms with van der Waals surface area (Å²) in [4.78, 5) is 12.8. The van der Waals surface area contributed by atoms with Gasteiger partial charge < -0.3 is 14.9 Å². The van der Waals surface area contributed by atoms with E-state index in [0.717, 1.165) is 5.76 Å². The molecule has 0 saturated carbocycles. The fourth-order valence-electron chi connectivity index (χ4n) is 2.68. The first-order chi connectivity index (χ1) is 14.6. The molecule has 4 aromatic rings. The smallest absolute Gasteiger partial charge is 0.294 e. The molecule has 12 nitrogen and oxygen atoms in total. The van der Waals surface area contributed by atoms with Crippen molar-refractivity contribution in [3.63, 3.8) is 0 Å². The predicted molar refractivity (Wildman–Crippen MR) is 104 cm³/mol. The molecule has 0 radical (unpaired) electrons. The zero-order valence-electron chi connectivity index (χ0n) is 15.9. The van der Waals surface area contributed by atoms with Gasteiger partial charge in [0.25, 0.3) is 5.91 Å². The maximum atomic E-state index is 12.8. The van der Waals surface area contributed by atoms with Crippen molar-refractivity contribution < 1.29 is 18.6 Å². The molecular formula is C18H16N8O4. The molecule has 0 spiro atoms. The summed E-state index contributed by atoms with van der Waals surface area (Å²) in [5, 5.41) is 19.1. The summed E-state index contributed by atoms with van der Waals surface area (Å²) >= 11 is 0. The van der Waals surface area contributed by atoms with Crippen LogP contribution in [0.2, 0.25) is 0 Å². The van der Waals surface area contributed by atoms with E-state index < -0.39 is 5.91 Å². The number of aryl methyl sites for hydroxylation is 1. The first-order valence-corrected chi connectivity index (χ1v) is 8.65. The summed E-state index contributed by atoms with van der Waals surface area (Å²) in [5.41, 5.74) is 9.06. The van der Waals surface area contributed by atoms with Crippen molar-refractivity contribution in [2.75, 3.05) is 12.8 Å². The van der Waals surface area contributed by atoms with Gasteiger partial charge >= 0.3 is 0 Å². The van der Waals surface area contributed by atoms with E-state index in [4.69, 9.17) is 14.9 Å². The van der Waals surface area contributed by atoms with Crippen molar-refractivity contribution in [3.05, 3.63) is 53.6 Å². The van der Waals surface area contributed by atoms with Crippen LogP contribution in [0.15, 0.2) is 50.5 Å². The Balaban J connectivity index is 1.72. The maximum Gasteiger partial charge on any atom is 0.294 e. The summed E-state index contributed by atoms with van der Waals surface area (Å²) in [6, 6.07) is 10.5. The summed E-state index contributed by atoms with van der Waals surface area (Å²) < 4.78 is 16.5. The number of hydrazone groups is 1. The van der Waals surface area contributed by atoms with Gasteiger partial charge in [0, 0.05) is 5.56 Å². The van der Waals surface area contributed by atoms with E-state index in [1.165, 1.54) is 18.0 Å². The highest BCUT2D eigenvalue weighted by molar-refractivity contribution is 5.98. The monoisotopic (exact) mass is 408 g/mol. The zero-order chi connectivity index (χ0) is 21.1. The number of carbonyl (C=O) groups excluding carboxylic acids is 1. The average Bonchev–Trinajstić information content (AvgIpc) is 3.47. The molecular weight excluding hydrogens is 392 g/mol. The van der Waals surface area contributed by atoms with Crippen LogP contribution in [0.3, 0.4) is 0 Å². The normalized spacial score (nSPS) is 11.1. The van der Waals surface area contributed by atoms with Crippen LogP contribution in [0.25, 0.3) is 17.1 Å². The van der Waals surface area contributed by atoms with Gasteiger partial charge in [-0.05, 0) is 41.5 Å². The number of methoxy groups -OCH3 is 1. The van der Waals surface area contributed by atoms with Crippen molar-refractivity contribution >= 4 is 17.9 Å². The van der Waals surface area contributed by atoms with Crippen LogP contribution in [0.5, 0.6) is 5.75 Å². The number of nitrogen functional groups attached to an aromatic ring is 1. The van der Waals surface area contributed by atoms with Crippen molar-refractivity contribution in [2.24, 2.45) is 5.10 Å². The third kappa shape index (κ3) is 3.61. The largest absolute Gasteiger partial charge is 0.497 e. The molecule has 0 saturated heterocycles. The number of hydrogen-bond acceptors (Lipinski definition) is 10. The van der Waals surface area contributed by atoms with Gasteiger partial charge in [0.05, 0.1) is 13.3 Å². The second kappa shape index (κ2) is 7.87. The van der Waals surface area contributed by atoms with Gasteiger partial charge in [-0.15, -0.1) is 5.10 Å². The number of furan rings is 1. The molecule has 4 rings (SSSR count). The SMILES string of the molecule is COc1cccc(-c2c(C(=O)NN=Cc3ccc(C)o3)nnn2-c2nonc2N)c1. The number of nitrogens with one attached hydrogen (secondary N) is 1. The summed E-state index contributed by atoms with van der Waals surface area (Å²) in [7, 11) is 1.53. The lowest BCUT2D eigenvalue weighted by atomic mass is 10.1. The van der Waals surface area contributed by atoms with E-state index in [0.29, 0.717) is 22.8 Å². The molecule has 0 aliphatic carbocycles. The molecule has 3 aromatic heterocycles. The van der Waals surface area contributed by atoms with Gasteiger partial charge in [-0.3, -0.25) is 4.79 Å². The topological polar surface area (TPSA) is 159 Å². The third-order valence-electron chi connectivity index (χ3n) is 4.04. The molecule has 0 unspecified atom stereocenters. The second-order valence-corrected chi connectivity index (χ2v) is 6.05. The minimum Gasteiger partial charge on any atom is -0.497 e. The predicted octanol–water partition coefficient (Wildman–Crippen LogP) is 1.57. The summed E-state index contributed by atoms with van der Waals surface area (Å²) in [6.45, 7) is 1.80. The van der Waals surface area contributed by atoms with Gasteiger partial charge in [-0.2, -0.15) is 9.78 Å². The Kier molecular flexibility index (Phi) is 4.95. The lowest BCUT2D eigenvalue weighted by Gasteiger charge is -2.07. The Bertz CT molecular complexity index is 1220. The number of hydrogen-bond donors (Lipinski definition) is 2. The van der Waals surface area contributed by atoms with Crippen molar-refractivity contribution in [2.45, 2.75) is 6.92 Å².